The van der Waals surface area contributed by atoms with Gasteiger partial charge in [-0.05, 0) is 18.2 Å². The summed E-state index contributed by atoms with van der Waals surface area (Å²) in [5, 5.41) is 20.9. The number of carbonyl (C=O) groups is 1. The van der Waals surface area contributed by atoms with Crippen LogP contribution < -0.4 is 10.4 Å². The third kappa shape index (κ3) is 1.85. The molecule has 6 nitrogen and oxygen atoms in total. The van der Waals surface area contributed by atoms with Gasteiger partial charge in [0.25, 0.3) is 0 Å². The van der Waals surface area contributed by atoms with Crippen LogP contribution in [0.3, 0.4) is 0 Å². The van der Waals surface area contributed by atoms with Crippen molar-refractivity contribution < 1.29 is 24.2 Å². The lowest BCUT2D eigenvalue weighted by molar-refractivity contribution is 0.112. The van der Waals surface area contributed by atoms with Gasteiger partial charge in [0.05, 0.1) is 10.9 Å². The Kier molecular flexibility index (Phi) is 2.76. The Labute approximate surface area is 129 Å². The van der Waals surface area contributed by atoms with E-state index in [9.17, 15) is 19.8 Å². The molecule has 0 saturated heterocycles. The van der Waals surface area contributed by atoms with Crippen LogP contribution in [0.4, 0.5) is 0 Å². The summed E-state index contributed by atoms with van der Waals surface area (Å²) in [6.45, 7) is 0. The van der Waals surface area contributed by atoms with E-state index in [1.807, 2.05) is 0 Å². The zero-order valence-electron chi connectivity index (χ0n) is 11.6. The number of rotatable bonds is 1. The summed E-state index contributed by atoms with van der Waals surface area (Å²) in [5.41, 5.74) is -0.183. The zero-order chi connectivity index (χ0) is 16.1. The van der Waals surface area contributed by atoms with E-state index in [2.05, 4.69) is 0 Å². The molecular weight excluding hydrogens is 300 g/mol. The van der Waals surface area contributed by atoms with Crippen LogP contribution in [-0.4, -0.2) is 16.5 Å². The van der Waals surface area contributed by atoms with E-state index in [1.54, 1.807) is 24.3 Å². The second-order valence-electron chi connectivity index (χ2n) is 5.20. The second kappa shape index (κ2) is 4.69. The van der Waals surface area contributed by atoms with Crippen LogP contribution in [0, 0.1) is 0 Å². The number of phenols is 1. The molecule has 2 N–H and O–H groups in total. The van der Waals surface area contributed by atoms with E-state index in [-0.39, 0.29) is 33.9 Å². The number of aldehydes is 1. The molecule has 0 radical (unpaired) electrons. The molecule has 0 fully saturated rings. The van der Waals surface area contributed by atoms with Crippen molar-refractivity contribution in [3.63, 3.8) is 0 Å². The molecule has 1 aromatic heterocycles. The molecule has 6 heteroatoms. The highest BCUT2D eigenvalue weighted by molar-refractivity contribution is 5.86. The van der Waals surface area contributed by atoms with Crippen LogP contribution in [0.2, 0.25) is 0 Å². The van der Waals surface area contributed by atoms with Crippen molar-refractivity contribution in [2.75, 3.05) is 0 Å². The number of fused-ring (bicyclic) bond motifs is 4. The molecule has 0 spiro atoms. The largest absolute Gasteiger partial charge is 0.507 e. The van der Waals surface area contributed by atoms with Crippen molar-refractivity contribution in [3.05, 3.63) is 63.5 Å². The standard InChI is InChI=1S/C17H10O6/c18-7-8-5-10-13(6-11(8)19)22-16-9-3-1-2-4-12(9)23-17(21)14(16)15(10)20/h1-7,15,19-20H. The first-order chi connectivity index (χ1) is 11.1. The Bertz CT molecular complexity index is 1020. The number of hydrogen-bond acceptors (Lipinski definition) is 6. The highest BCUT2D eigenvalue weighted by Gasteiger charge is 2.32. The van der Waals surface area contributed by atoms with Crippen LogP contribution in [0.25, 0.3) is 11.0 Å². The van der Waals surface area contributed by atoms with E-state index in [0.29, 0.717) is 17.3 Å². The number of aliphatic hydroxyl groups excluding tert-OH is 1. The van der Waals surface area contributed by atoms with Crippen LogP contribution in [0.5, 0.6) is 17.2 Å². The Morgan fingerprint density at radius 3 is 2.74 bits per heavy atom. The van der Waals surface area contributed by atoms with Gasteiger partial charge in [0, 0.05) is 11.6 Å². The number of phenolic OH excluding ortho intramolecular Hbond substituents is 1. The van der Waals surface area contributed by atoms with Crippen LogP contribution >= 0.6 is 0 Å². The molecule has 114 valence electrons. The van der Waals surface area contributed by atoms with E-state index in [1.165, 1.54) is 12.1 Å². The minimum atomic E-state index is -1.31. The monoisotopic (exact) mass is 310 g/mol. The Balaban J connectivity index is 2.04. The highest BCUT2D eigenvalue weighted by Crippen LogP contribution is 2.46. The summed E-state index contributed by atoms with van der Waals surface area (Å²) in [6, 6.07) is 9.33. The normalized spacial score (nSPS) is 15.6. The summed E-state index contributed by atoms with van der Waals surface area (Å²) in [5.74, 6) is 0.112. The van der Waals surface area contributed by atoms with E-state index in [4.69, 9.17) is 9.15 Å². The number of carbonyl (C=O) groups excluding carboxylic acids is 1. The van der Waals surface area contributed by atoms with E-state index in [0.717, 1.165) is 0 Å². The predicted octanol–water partition coefficient (Wildman–Crippen LogP) is 2.50. The molecule has 3 aromatic rings. The first-order valence-electron chi connectivity index (χ1n) is 6.84. The second-order valence-corrected chi connectivity index (χ2v) is 5.20. The molecule has 1 unspecified atom stereocenters. The van der Waals surface area contributed by atoms with Gasteiger partial charge >= 0.3 is 5.63 Å². The summed E-state index contributed by atoms with van der Waals surface area (Å²) in [6.07, 6.45) is -0.852. The topological polar surface area (TPSA) is 97.0 Å². The molecule has 1 atom stereocenters. The molecule has 1 aliphatic rings. The van der Waals surface area contributed by atoms with Crippen molar-refractivity contribution in [2.45, 2.75) is 6.10 Å². The number of para-hydroxylation sites is 1. The molecule has 2 aromatic carbocycles. The summed E-state index contributed by atoms with van der Waals surface area (Å²) in [4.78, 5) is 23.1. The van der Waals surface area contributed by atoms with Gasteiger partial charge in [-0.15, -0.1) is 0 Å². The smallest absolute Gasteiger partial charge is 0.346 e. The molecule has 0 amide bonds. The Morgan fingerprint density at radius 2 is 1.96 bits per heavy atom. The molecule has 23 heavy (non-hydrogen) atoms. The quantitative estimate of drug-likeness (QED) is 0.529. The van der Waals surface area contributed by atoms with Gasteiger partial charge in [0.1, 0.15) is 28.7 Å². The fourth-order valence-electron chi connectivity index (χ4n) is 2.75. The molecule has 0 bridgehead atoms. The number of ether oxygens (including phenoxy) is 1. The van der Waals surface area contributed by atoms with E-state index >= 15 is 0 Å². The maximum Gasteiger partial charge on any atom is 0.346 e. The molecule has 2 heterocycles. The average molecular weight is 310 g/mol. The van der Waals surface area contributed by atoms with Gasteiger partial charge in [-0.1, -0.05) is 12.1 Å². The zero-order valence-corrected chi connectivity index (χ0v) is 11.6. The average Bonchev–Trinajstić information content (AvgIpc) is 2.54. The van der Waals surface area contributed by atoms with Gasteiger partial charge in [-0.3, -0.25) is 4.79 Å². The number of aliphatic hydroxyl groups is 1. The SMILES string of the molecule is O=Cc1cc2c(cc1O)Oc1c(c(=O)oc3ccccc13)C2O. The third-order valence-corrected chi connectivity index (χ3v) is 3.86. The molecule has 4 rings (SSSR count). The number of benzene rings is 2. The lowest BCUT2D eigenvalue weighted by atomic mass is 9.95. The van der Waals surface area contributed by atoms with Crippen molar-refractivity contribution in [2.24, 2.45) is 0 Å². The van der Waals surface area contributed by atoms with Crippen molar-refractivity contribution in [1.29, 1.82) is 0 Å². The van der Waals surface area contributed by atoms with Gasteiger partial charge in [0.15, 0.2) is 12.0 Å². The van der Waals surface area contributed by atoms with Crippen LogP contribution in [-0.2, 0) is 0 Å². The van der Waals surface area contributed by atoms with Gasteiger partial charge < -0.3 is 19.4 Å². The van der Waals surface area contributed by atoms with Crippen LogP contribution in [0.15, 0.2) is 45.6 Å². The lowest BCUT2D eigenvalue weighted by Crippen LogP contribution is -2.19. The number of hydrogen-bond donors (Lipinski definition) is 2. The lowest BCUT2D eigenvalue weighted by Gasteiger charge is -2.25. The van der Waals surface area contributed by atoms with Gasteiger partial charge in [0.2, 0.25) is 0 Å². The molecule has 0 aliphatic carbocycles. The minimum absolute atomic E-state index is 0.0000249. The molecule has 0 saturated carbocycles. The first kappa shape index (κ1) is 13.5. The third-order valence-electron chi connectivity index (χ3n) is 3.86. The fraction of sp³-hybridized carbons (Fsp3) is 0.0588. The van der Waals surface area contributed by atoms with Gasteiger partial charge in [-0.2, -0.15) is 0 Å². The molecule has 1 aliphatic heterocycles. The van der Waals surface area contributed by atoms with Crippen molar-refractivity contribution in [3.8, 4) is 17.2 Å². The summed E-state index contributed by atoms with van der Waals surface area (Å²) in [7, 11) is 0. The minimum Gasteiger partial charge on any atom is -0.507 e. The predicted molar refractivity (Wildman–Crippen MR) is 80.1 cm³/mol. The summed E-state index contributed by atoms with van der Waals surface area (Å²) < 4.78 is 10.9. The van der Waals surface area contributed by atoms with Crippen molar-refractivity contribution >= 4 is 17.3 Å². The van der Waals surface area contributed by atoms with Gasteiger partial charge in [-0.25, -0.2) is 4.79 Å². The van der Waals surface area contributed by atoms with E-state index < -0.39 is 11.7 Å². The first-order valence-corrected chi connectivity index (χ1v) is 6.84. The van der Waals surface area contributed by atoms with Crippen molar-refractivity contribution in [1.82, 2.24) is 0 Å². The molecular formula is C17H10O6. The Hall–Kier alpha value is -3.12. The summed E-state index contributed by atoms with van der Waals surface area (Å²) >= 11 is 0. The fourth-order valence-corrected chi connectivity index (χ4v) is 2.75. The highest BCUT2D eigenvalue weighted by atomic mass is 16.5. The maximum atomic E-state index is 12.2. The number of aromatic hydroxyl groups is 1. The maximum absolute atomic E-state index is 12.2. The Morgan fingerprint density at radius 1 is 1.17 bits per heavy atom. The van der Waals surface area contributed by atoms with Crippen LogP contribution in [0.1, 0.15) is 27.6 Å².